The summed E-state index contributed by atoms with van der Waals surface area (Å²) in [4.78, 5) is 26.6. The predicted octanol–water partition coefficient (Wildman–Crippen LogP) is 2.31. The number of hydrogen-bond donors (Lipinski definition) is 1. The van der Waals surface area contributed by atoms with Gasteiger partial charge in [-0.15, -0.1) is 6.58 Å². The molecule has 1 spiro atoms. The van der Waals surface area contributed by atoms with Gasteiger partial charge in [0, 0.05) is 5.69 Å². The van der Waals surface area contributed by atoms with Crippen molar-refractivity contribution in [3.05, 3.63) is 54.6 Å². The fourth-order valence-electron chi connectivity index (χ4n) is 4.46. The van der Waals surface area contributed by atoms with E-state index in [4.69, 9.17) is 4.74 Å². The van der Waals surface area contributed by atoms with Crippen molar-refractivity contribution < 1.29 is 19.4 Å². The normalized spacial score (nSPS) is 36.2. The largest absolute Gasteiger partial charge is 0.481 e. The van der Waals surface area contributed by atoms with Gasteiger partial charge in [-0.3, -0.25) is 9.59 Å². The molecule has 4 rings (SSSR count). The maximum Gasteiger partial charge on any atom is 0.310 e. The third kappa shape index (κ3) is 1.79. The lowest BCUT2D eigenvalue weighted by Crippen LogP contribution is -2.45. The highest BCUT2D eigenvalue weighted by atomic mass is 16.5. The van der Waals surface area contributed by atoms with Crippen LogP contribution in [0.15, 0.2) is 49.1 Å². The number of fused-ring (bicyclic) bond motifs is 1. The lowest BCUT2D eigenvalue weighted by Gasteiger charge is -2.32. The molecule has 0 aliphatic carbocycles. The van der Waals surface area contributed by atoms with E-state index in [-0.39, 0.29) is 11.9 Å². The Kier molecular flexibility index (Phi) is 3.18. The first-order chi connectivity index (χ1) is 11.5. The Balaban J connectivity index is 1.85. The fourth-order valence-corrected chi connectivity index (χ4v) is 4.46. The van der Waals surface area contributed by atoms with E-state index in [1.807, 2.05) is 37.3 Å². The number of nitrogens with zero attached hydrogens (tertiary/aromatic N) is 1. The average molecular weight is 325 g/mol. The molecule has 24 heavy (non-hydrogen) atoms. The number of carboxylic acid groups (broad SMARTS) is 1. The lowest BCUT2D eigenvalue weighted by atomic mass is 9.74. The van der Waals surface area contributed by atoms with E-state index >= 15 is 0 Å². The molecule has 1 amide bonds. The topological polar surface area (TPSA) is 66.8 Å². The molecule has 5 unspecified atom stereocenters. The van der Waals surface area contributed by atoms with Crippen LogP contribution in [0.3, 0.4) is 0 Å². The van der Waals surface area contributed by atoms with Crippen LogP contribution < -0.4 is 4.90 Å². The van der Waals surface area contributed by atoms with Crippen molar-refractivity contribution in [3.63, 3.8) is 0 Å². The van der Waals surface area contributed by atoms with Crippen LogP contribution >= 0.6 is 0 Å². The highest BCUT2D eigenvalue weighted by molar-refractivity contribution is 6.03. The molecule has 1 aromatic rings. The van der Waals surface area contributed by atoms with Gasteiger partial charge < -0.3 is 14.7 Å². The van der Waals surface area contributed by atoms with Gasteiger partial charge in [-0.25, -0.2) is 0 Å². The number of amides is 1. The number of rotatable bonds is 4. The zero-order valence-electron chi connectivity index (χ0n) is 13.4. The van der Waals surface area contributed by atoms with Gasteiger partial charge in [-0.1, -0.05) is 30.4 Å². The molecule has 2 saturated heterocycles. The zero-order valence-corrected chi connectivity index (χ0v) is 13.4. The Bertz CT molecular complexity index is 770. The van der Waals surface area contributed by atoms with Crippen molar-refractivity contribution in [2.75, 3.05) is 4.90 Å². The average Bonchev–Trinajstić information content (AvgIpc) is 3.17. The maximum atomic E-state index is 13.2. The van der Waals surface area contributed by atoms with Crippen LogP contribution in [-0.4, -0.2) is 34.7 Å². The smallest absolute Gasteiger partial charge is 0.310 e. The summed E-state index contributed by atoms with van der Waals surface area (Å²) in [5.41, 5.74) is 0.950. The van der Waals surface area contributed by atoms with Crippen molar-refractivity contribution in [2.45, 2.75) is 31.1 Å². The molecule has 1 aromatic carbocycles. The number of aryl methyl sites for hydroxylation is 1. The van der Waals surface area contributed by atoms with Crippen LogP contribution in [0.2, 0.25) is 0 Å². The minimum Gasteiger partial charge on any atom is -0.481 e. The summed E-state index contributed by atoms with van der Waals surface area (Å²) in [7, 11) is 0. The van der Waals surface area contributed by atoms with Gasteiger partial charge in [0.2, 0.25) is 5.91 Å². The molecule has 0 radical (unpaired) electrons. The van der Waals surface area contributed by atoms with Crippen LogP contribution in [0, 0.1) is 18.8 Å². The van der Waals surface area contributed by atoms with Crippen LogP contribution in [0.1, 0.15) is 12.0 Å². The van der Waals surface area contributed by atoms with Crippen molar-refractivity contribution >= 4 is 17.6 Å². The Morgan fingerprint density at radius 2 is 2.29 bits per heavy atom. The highest BCUT2D eigenvalue weighted by Gasteiger charge is 2.71. The Morgan fingerprint density at radius 3 is 2.96 bits per heavy atom. The second-order valence-corrected chi connectivity index (χ2v) is 6.72. The summed E-state index contributed by atoms with van der Waals surface area (Å²) >= 11 is 0. The molecule has 5 atom stereocenters. The summed E-state index contributed by atoms with van der Waals surface area (Å²) in [6.07, 6.45) is 5.46. The van der Waals surface area contributed by atoms with Gasteiger partial charge in [0.05, 0.1) is 18.1 Å². The van der Waals surface area contributed by atoms with Gasteiger partial charge >= 0.3 is 5.97 Å². The number of carbonyl (C=O) groups is 2. The molecular formula is C19H19NO4. The zero-order chi connectivity index (χ0) is 17.1. The van der Waals surface area contributed by atoms with E-state index in [9.17, 15) is 14.7 Å². The molecule has 2 bridgehead atoms. The molecular weight excluding hydrogens is 306 g/mol. The molecule has 0 saturated carbocycles. The van der Waals surface area contributed by atoms with Crippen molar-refractivity contribution in [2.24, 2.45) is 11.8 Å². The van der Waals surface area contributed by atoms with Gasteiger partial charge in [0.25, 0.3) is 0 Å². The summed E-state index contributed by atoms with van der Waals surface area (Å²) in [6.45, 7) is 5.77. The quantitative estimate of drug-likeness (QED) is 0.863. The van der Waals surface area contributed by atoms with Crippen LogP contribution in [0.4, 0.5) is 5.69 Å². The molecule has 3 heterocycles. The third-order valence-corrected chi connectivity index (χ3v) is 5.38. The standard InChI is InChI=1S/C19H19NO4/c1-3-5-14-19-9-8-13(24-19)15(18(22)23)16(19)17(21)20(14)12-7-4-6-11(2)10-12/h3-4,6-10,13-16H,1,5H2,2H3,(H,22,23). The van der Waals surface area contributed by atoms with Gasteiger partial charge in [-0.05, 0) is 31.0 Å². The van der Waals surface area contributed by atoms with Gasteiger partial charge in [0.1, 0.15) is 11.5 Å². The van der Waals surface area contributed by atoms with Gasteiger partial charge in [0.15, 0.2) is 0 Å². The molecule has 5 nitrogen and oxygen atoms in total. The number of hydrogen-bond acceptors (Lipinski definition) is 3. The first-order valence-electron chi connectivity index (χ1n) is 8.10. The summed E-state index contributed by atoms with van der Waals surface area (Å²) in [5, 5.41) is 9.61. The van der Waals surface area contributed by atoms with E-state index in [0.717, 1.165) is 11.3 Å². The Hall–Kier alpha value is -2.40. The van der Waals surface area contributed by atoms with Crippen LogP contribution in [0.5, 0.6) is 0 Å². The number of ether oxygens (including phenoxy) is 1. The molecule has 5 heteroatoms. The van der Waals surface area contributed by atoms with E-state index in [1.54, 1.807) is 17.1 Å². The SMILES string of the molecule is C=CCC1N(c2cccc(C)c2)C(=O)C2C(C(=O)O)C3C=CC21O3. The van der Waals surface area contributed by atoms with E-state index < -0.39 is 29.5 Å². The first-order valence-corrected chi connectivity index (χ1v) is 8.10. The van der Waals surface area contributed by atoms with E-state index in [0.29, 0.717) is 6.42 Å². The minimum atomic E-state index is -0.979. The van der Waals surface area contributed by atoms with Crippen molar-refractivity contribution in [1.29, 1.82) is 0 Å². The second-order valence-electron chi connectivity index (χ2n) is 6.72. The van der Waals surface area contributed by atoms with E-state index in [1.165, 1.54) is 0 Å². The molecule has 1 N–H and O–H groups in total. The van der Waals surface area contributed by atoms with E-state index in [2.05, 4.69) is 6.58 Å². The molecule has 3 aliphatic rings. The fraction of sp³-hybridized carbons (Fsp3) is 0.368. The summed E-state index contributed by atoms with van der Waals surface area (Å²) < 4.78 is 6.07. The third-order valence-electron chi connectivity index (χ3n) is 5.38. The summed E-state index contributed by atoms with van der Waals surface area (Å²) in [5.74, 6) is -2.67. The van der Waals surface area contributed by atoms with Gasteiger partial charge in [-0.2, -0.15) is 0 Å². The summed E-state index contributed by atoms with van der Waals surface area (Å²) in [6, 6.07) is 7.41. The monoisotopic (exact) mass is 325 g/mol. The number of carboxylic acids is 1. The first kappa shape index (κ1) is 15.1. The Morgan fingerprint density at radius 1 is 1.50 bits per heavy atom. The van der Waals surface area contributed by atoms with Crippen molar-refractivity contribution in [3.8, 4) is 0 Å². The number of benzene rings is 1. The second kappa shape index (κ2) is 5.05. The van der Waals surface area contributed by atoms with Crippen molar-refractivity contribution in [1.82, 2.24) is 0 Å². The molecule has 2 fully saturated rings. The minimum absolute atomic E-state index is 0.174. The number of anilines is 1. The number of carbonyl (C=O) groups excluding carboxylic acids is 1. The number of aliphatic carboxylic acids is 1. The molecule has 3 aliphatic heterocycles. The Labute approximate surface area is 140 Å². The maximum absolute atomic E-state index is 13.2. The molecule has 0 aromatic heterocycles. The molecule has 124 valence electrons. The lowest BCUT2D eigenvalue weighted by molar-refractivity contribution is -0.146. The highest BCUT2D eigenvalue weighted by Crippen LogP contribution is 2.56. The van der Waals surface area contributed by atoms with Crippen LogP contribution in [0.25, 0.3) is 0 Å². The predicted molar refractivity (Wildman–Crippen MR) is 88.6 cm³/mol. The van der Waals surface area contributed by atoms with Crippen LogP contribution in [-0.2, 0) is 14.3 Å².